The molecule has 0 unspecified atom stereocenters. The van der Waals surface area contributed by atoms with Gasteiger partial charge in [0, 0.05) is 18.6 Å². The summed E-state index contributed by atoms with van der Waals surface area (Å²) in [7, 11) is 0. The highest BCUT2D eigenvalue weighted by molar-refractivity contribution is 4.70. The van der Waals surface area contributed by atoms with Gasteiger partial charge in [0.1, 0.15) is 0 Å². The van der Waals surface area contributed by atoms with Crippen LogP contribution in [0.25, 0.3) is 0 Å². The molecular formula is C13H29NO. The molecule has 0 saturated carbocycles. The van der Waals surface area contributed by atoms with Crippen LogP contribution >= 0.6 is 0 Å². The number of rotatable bonds is 9. The lowest BCUT2D eigenvalue weighted by molar-refractivity contribution is 0.0589. The van der Waals surface area contributed by atoms with Crippen LogP contribution in [-0.2, 0) is 4.74 Å². The Morgan fingerprint density at radius 1 is 1.27 bits per heavy atom. The highest BCUT2D eigenvalue weighted by Gasteiger charge is 2.16. The Kier molecular flexibility index (Phi) is 8.07. The first-order valence-corrected chi connectivity index (χ1v) is 6.26. The first-order chi connectivity index (χ1) is 6.98. The second-order valence-electron chi connectivity index (χ2n) is 5.53. The smallest absolute Gasteiger partial charge is 0.0529 e. The topological polar surface area (TPSA) is 21.3 Å². The van der Waals surface area contributed by atoms with Gasteiger partial charge in [-0.3, -0.25) is 0 Å². The molecule has 0 bridgehead atoms. The van der Waals surface area contributed by atoms with Crippen molar-refractivity contribution in [3.8, 4) is 0 Å². The average molecular weight is 215 g/mol. The number of hydrogen-bond acceptors (Lipinski definition) is 2. The van der Waals surface area contributed by atoms with E-state index >= 15 is 0 Å². The number of ether oxygens (including phenoxy) is 1. The van der Waals surface area contributed by atoms with E-state index in [4.69, 9.17) is 4.74 Å². The van der Waals surface area contributed by atoms with Gasteiger partial charge in [0.15, 0.2) is 0 Å². The normalized spacial score (nSPS) is 12.4. The van der Waals surface area contributed by atoms with Gasteiger partial charge in [0.25, 0.3) is 0 Å². The van der Waals surface area contributed by atoms with Crippen molar-refractivity contribution < 1.29 is 4.74 Å². The average Bonchev–Trinajstić information content (AvgIpc) is 2.14. The Labute approximate surface area is 95.8 Å². The summed E-state index contributed by atoms with van der Waals surface area (Å²) in [5, 5.41) is 3.37. The molecule has 2 nitrogen and oxygen atoms in total. The van der Waals surface area contributed by atoms with Crippen molar-refractivity contribution in [2.75, 3.05) is 26.3 Å². The maximum atomic E-state index is 5.71. The lowest BCUT2D eigenvalue weighted by Gasteiger charge is -2.24. The van der Waals surface area contributed by atoms with Gasteiger partial charge in [-0.15, -0.1) is 0 Å². The molecule has 2 heteroatoms. The van der Waals surface area contributed by atoms with Crippen molar-refractivity contribution in [1.29, 1.82) is 0 Å². The molecule has 0 aliphatic rings. The molecule has 0 radical (unpaired) electrons. The zero-order valence-electron chi connectivity index (χ0n) is 11.2. The largest absolute Gasteiger partial charge is 0.381 e. The van der Waals surface area contributed by atoms with Crippen molar-refractivity contribution in [3.05, 3.63) is 0 Å². The van der Waals surface area contributed by atoms with Crippen molar-refractivity contribution in [3.63, 3.8) is 0 Å². The van der Waals surface area contributed by atoms with Gasteiger partial charge in [-0.25, -0.2) is 0 Å². The quantitative estimate of drug-likeness (QED) is 0.597. The van der Waals surface area contributed by atoms with E-state index in [0.29, 0.717) is 0 Å². The van der Waals surface area contributed by atoms with Crippen molar-refractivity contribution >= 4 is 0 Å². The van der Waals surface area contributed by atoms with E-state index in [1.54, 1.807) is 0 Å². The number of hydrogen-bond donors (Lipinski definition) is 1. The third kappa shape index (κ3) is 10.2. The van der Waals surface area contributed by atoms with E-state index in [9.17, 15) is 0 Å². The molecular weight excluding hydrogens is 186 g/mol. The van der Waals surface area contributed by atoms with E-state index in [1.165, 1.54) is 12.8 Å². The SMILES string of the molecule is CCNCC(C)(C)COCCCC(C)C. The Bertz CT molecular complexity index is 143. The van der Waals surface area contributed by atoms with Gasteiger partial charge in [-0.05, 0) is 25.3 Å². The maximum absolute atomic E-state index is 5.71. The molecule has 92 valence electrons. The molecule has 0 aromatic carbocycles. The monoisotopic (exact) mass is 215 g/mol. The fourth-order valence-corrected chi connectivity index (χ4v) is 1.46. The van der Waals surface area contributed by atoms with Gasteiger partial charge >= 0.3 is 0 Å². The Hall–Kier alpha value is -0.0800. The van der Waals surface area contributed by atoms with Crippen LogP contribution in [-0.4, -0.2) is 26.3 Å². The molecule has 0 aromatic heterocycles. The third-order valence-electron chi connectivity index (χ3n) is 2.42. The molecule has 0 fully saturated rings. The highest BCUT2D eigenvalue weighted by Crippen LogP contribution is 2.14. The molecule has 0 amide bonds. The van der Waals surface area contributed by atoms with Crippen LogP contribution in [0.1, 0.15) is 47.5 Å². The molecule has 0 aliphatic heterocycles. The summed E-state index contributed by atoms with van der Waals surface area (Å²) in [6, 6.07) is 0. The Balaban J connectivity index is 3.40. The van der Waals surface area contributed by atoms with E-state index < -0.39 is 0 Å². The summed E-state index contributed by atoms with van der Waals surface area (Å²) in [5.74, 6) is 0.795. The van der Waals surface area contributed by atoms with Crippen LogP contribution in [0.15, 0.2) is 0 Å². The summed E-state index contributed by atoms with van der Waals surface area (Å²) in [4.78, 5) is 0. The van der Waals surface area contributed by atoms with E-state index in [1.807, 2.05) is 0 Å². The summed E-state index contributed by atoms with van der Waals surface area (Å²) in [5.41, 5.74) is 0.258. The molecule has 0 aliphatic carbocycles. The fraction of sp³-hybridized carbons (Fsp3) is 1.00. The summed E-state index contributed by atoms with van der Waals surface area (Å²) < 4.78 is 5.71. The predicted octanol–water partition coefficient (Wildman–Crippen LogP) is 3.07. The first kappa shape index (κ1) is 14.9. The predicted molar refractivity (Wildman–Crippen MR) is 67.2 cm³/mol. The second-order valence-corrected chi connectivity index (χ2v) is 5.53. The van der Waals surface area contributed by atoms with Crippen molar-refractivity contribution in [1.82, 2.24) is 5.32 Å². The lowest BCUT2D eigenvalue weighted by Crippen LogP contribution is -2.33. The Morgan fingerprint density at radius 2 is 1.93 bits per heavy atom. The fourth-order valence-electron chi connectivity index (χ4n) is 1.46. The molecule has 0 atom stereocenters. The minimum Gasteiger partial charge on any atom is -0.381 e. The van der Waals surface area contributed by atoms with Crippen LogP contribution in [0.5, 0.6) is 0 Å². The second kappa shape index (κ2) is 8.12. The van der Waals surface area contributed by atoms with Crippen LogP contribution < -0.4 is 5.32 Å². The van der Waals surface area contributed by atoms with Crippen LogP contribution in [0, 0.1) is 11.3 Å². The van der Waals surface area contributed by atoms with Gasteiger partial charge in [-0.2, -0.15) is 0 Å². The van der Waals surface area contributed by atoms with E-state index in [2.05, 4.69) is 39.9 Å². The summed E-state index contributed by atoms with van der Waals surface area (Å²) >= 11 is 0. The minimum atomic E-state index is 0.258. The highest BCUT2D eigenvalue weighted by atomic mass is 16.5. The molecule has 0 spiro atoms. The molecule has 15 heavy (non-hydrogen) atoms. The molecule has 0 saturated heterocycles. The molecule has 0 heterocycles. The zero-order chi connectivity index (χ0) is 11.7. The zero-order valence-corrected chi connectivity index (χ0v) is 11.2. The standard InChI is InChI=1S/C13H29NO/c1-6-14-10-13(4,5)11-15-9-7-8-12(2)3/h12,14H,6-11H2,1-5H3. The van der Waals surface area contributed by atoms with E-state index in [0.717, 1.165) is 32.2 Å². The van der Waals surface area contributed by atoms with Gasteiger partial charge in [-0.1, -0.05) is 34.6 Å². The van der Waals surface area contributed by atoms with Gasteiger partial charge in [0.05, 0.1) is 6.61 Å². The van der Waals surface area contributed by atoms with Crippen molar-refractivity contribution in [2.45, 2.75) is 47.5 Å². The van der Waals surface area contributed by atoms with Crippen LogP contribution in [0.4, 0.5) is 0 Å². The summed E-state index contributed by atoms with van der Waals surface area (Å²) in [6.07, 6.45) is 2.46. The van der Waals surface area contributed by atoms with Gasteiger partial charge in [0.2, 0.25) is 0 Å². The van der Waals surface area contributed by atoms with Crippen molar-refractivity contribution in [2.24, 2.45) is 11.3 Å². The molecule has 0 aromatic rings. The van der Waals surface area contributed by atoms with Gasteiger partial charge < -0.3 is 10.1 Å². The number of nitrogens with one attached hydrogen (secondary N) is 1. The maximum Gasteiger partial charge on any atom is 0.0529 e. The lowest BCUT2D eigenvalue weighted by atomic mass is 9.95. The van der Waals surface area contributed by atoms with E-state index in [-0.39, 0.29) is 5.41 Å². The molecule has 1 N–H and O–H groups in total. The third-order valence-corrected chi connectivity index (χ3v) is 2.42. The molecule has 0 rings (SSSR count). The van der Waals surface area contributed by atoms with Crippen LogP contribution in [0.3, 0.4) is 0 Å². The van der Waals surface area contributed by atoms with Crippen LogP contribution in [0.2, 0.25) is 0 Å². The minimum absolute atomic E-state index is 0.258. The Morgan fingerprint density at radius 3 is 2.47 bits per heavy atom. The first-order valence-electron chi connectivity index (χ1n) is 6.26. The summed E-state index contributed by atoms with van der Waals surface area (Å²) in [6.45, 7) is 15.0.